The van der Waals surface area contributed by atoms with Crippen molar-refractivity contribution in [3.63, 3.8) is 0 Å². The third-order valence-corrected chi connectivity index (χ3v) is 5.55. The van der Waals surface area contributed by atoms with Crippen LogP contribution in [-0.2, 0) is 22.4 Å². The van der Waals surface area contributed by atoms with Gasteiger partial charge in [0.15, 0.2) is 18.1 Å². The van der Waals surface area contributed by atoms with Crippen LogP contribution in [0.15, 0.2) is 48.5 Å². The van der Waals surface area contributed by atoms with Gasteiger partial charge in [-0.2, -0.15) is 0 Å². The molecule has 0 unspecified atom stereocenters. The molecule has 0 saturated heterocycles. The Balaban J connectivity index is 1.20. The maximum absolute atomic E-state index is 12.9. The summed E-state index contributed by atoms with van der Waals surface area (Å²) in [4.78, 5) is 29.8. The zero-order valence-electron chi connectivity index (χ0n) is 16.9. The fourth-order valence-electron chi connectivity index (χ4n) is 4.09. The first kappa shape index (κ1) is 19.4. The number of hydrogen-bond acceptors (Lipinski definition) is 6. The molecule has 1 amide bonds. The van der Waals surface area contributed by atoms with Crippen LogP contribution in [-0.4, -0.2) is 42.7 Å². The van der Waals surface area contributed by atoms with Crippen LogP contribution in [0.25, 0.3) is 10.9 Å². The van der Waals surface area contributed by atoms with Crippen molar-refractivity contribution in [2.75, 3.05) is 19.8 Å². The Morgan fingerprint density at radius 2 is 1.87 bits per heavy atom. The van der Waals surface area contributed by atoms with Gasteiger partial charge in [0.25, 0.3) is 5.91 Å². The fraction of sp³-hybridized carbons (Fsp3) is 0.292. The number of nitrogens with one attached hydrogen (secondary N) is 1. The number of pyridine rings is 1. The molecule has 1 N–H and O–H groups in total. The van der Waals surface area contributed by atoms with Gasteiger partial charge in [0.05, 0.1) is 17.6 Å². The average Bonchev–Trinajstić information content (AvgIpc) is 3.27. The second-order valence-corrected chi connectivity index (χ2v) is 7.66. The van der Waals surface area contributed by atoms with Gasteiger partial charge in [-0.1, -0.05) is 30.3 Å². The Bertz CT molecular complexity index is 1160. The summed E-state index contributed by atoms with van der Waals surface area (Å²) < 4.78 is 16.8. The quantitative estimate of drug-likeness (QED) is 0.642. The highest BCUT2D eigenvalue weighted by Crippen LogP contribution is 2.31. The summed E-state index contributed by atoms with van der Waals surface area (Å²) in [6, 6.07) is 14.9. The minimum absolute atomic E-state index is 0.262. The number of esters is 1. The zero-order valence-corrected chi connectivity index (χ0v) is 16.9. The highest BCUT2D eigenvalue weighted by atomic mass is 16.6. The van der Waals surface area contributed by atoms with Gasteiger partial charge < -0.3 is 19.5 Å². The van der Waals surface area contributed by atoms with Gasteiger partial charge in [-0.25, -0.2) is 4.79 Å². The van der Waals surface area contributed by atoms with Crippen LogP contribution >= 0.6 is 0 Å². The van der Waals surface area contributed by atoms with E-state index in [0.29, 0.717) is 23.7 Å². The van der Waals surface area contributed by atoms with Crippen molar-refractivity contribution in [3.05, 3.63) is 65.4 Å². The average molecular weight is 418 g/mol. The number of aromatic nitrogens is 1. The highest BCUT2D eigenvalue weighted by Gasteiger charge is 2.25. The molecule has 1 aromatic heterocycles. The second-order valence-electron chi connectivity index (χ2n) is 7.66. The van der Waals surface area contributed by atoms with Crippen LogP contribution in [0.1, 0.15) is 28.0 Å². The predicted molar refractivity (Wildman–Crippen MR) is 113 cm³/mol. The molecule has 1 atom stereocenters. The molecule has 7 nitrogen and oxygen atoms in total. The van der Waals surface area contributed by atoms with E-state index < -0.39 is 5.97 Å². The number of nitrogens with zero attached hydrogens (tertiary/aromatic N) is 1. The molecule has 0 spiro atoms. The molecule has 0 bridgehead atoms. The molecule has 2 aliphatic rings. The van der Waals surface area contributed by atoms with Crippen molar-refractivity contribution >= 4 is 22.8 Å². The lowest BCUT2D eigenvalue weighted by Gasteiger charge is -2.26. The minimum Gasteiger partial charge on any atom is -0.486 e. The van der Waals surface area contributed by atoms with E-state index in [4.69, 9.17) is 14.2 Å². The molecule has 0 fully saturated rings. The second kappa shape index (κ2) is 8.26. The summed E-state index contributed by atoms with van der Waals surface area (Å²) in [7, 11) is 0. The fourth-order valence-corrected chi connectivity index (χ4v) is 4.09. The molecule has 3 aromatic rings. The predicted octanol–water partition coefficient (Wildman–Crippen LogP) is 2.84. The molecule has 31 heavy (non-hydrogen) atoms. The largest absolute Gasteiger partial charge is 0.486 e. The number of ether oxygens (including phenoxy) is 3. The monoisotopic (exact) mass is 418 g/mol. The zero-order chi connectivity index (χ0) is 21.2. The van der Waals surface area contributed by atoms with E-state index in [0.717, 1.165) is 41.4 Å². The van der Waals surface area contributed by atoms with E-state index in [2.05, 4.69) is 10.3 Å². The summed E-state index contributed by atoms with van der Waals surface area (Å²) in [5, 5.41) is 3.51. The molecular formula is C24H22N2O5. The SMILES string of the molecule is O=C(COC(=O)c1c2c(nc3ccccc13)CCC2)NC[C@H]1COc2ccccc2O1. The van der Waals surface area contributed by atoms with Crippen molar-refractivity contribution in [3.8, 4) is 11.5 Å². The molecule has 2 aromatic carbocycles. The van der Waals surface area contributed by atoms with Crippen LogP contribution in [0.3, 0.4) is 0 Å². The summed E-state index contributed by atoms with van der Waals surface area (Å²) in [6.07, 6.45) is 2.31. The van der Waals surface area contributed by atoms with Gasteiger partial charge in [-0.15, -0.1) is 0 Å². The number of amides is 1. The third kappa shape index (κ3) is 3.91. The van der Waals surface area contributed by atoms with E-state index in [-0.39, 0.29) is 25.2 Å². The lowest BCUT2D eigenvalue weighted by molar-refractivity contribution is -0.124. The third-order valence-electron chi connectivity index (χ3n) is 5.55. The van der Waals surface area contributed by atoms with Gasteiger partial charge in [-0.3, -0.25) is 9.78 Å². The number of rotatable bonds is 5. The lowest BCUT2D eigenvalue weighted by atomic mass is 10.0. The molecule has 1 aliphatic heterocycles. The van der Waals surface area contributed by atoms with Crippen LogP contribution in [0, 0.1) is 0 Å². The topological polar surface area (TPSA) is 86.8 Å². The van der Waals surface area contributed by atoms with E-state index in [1.807, 2.05) is 48.5 Å². The Kier molecular flexibility index (Phi) is 5.16. The smallest absolute Gasteiger partial charge is 0.339 e. The first-order chi connectivity index (χ1) is 15.2. The standard InChI is InChI=1S/C24H22N2O5/c27-22(25-12-15-13-29-20-10-3-4-11-21(20)31-15)14-30-24(28)23-16-6-1-2-8-18(16)26-19-9-5-7-17(19)23/h1-4,6,8,10-11,15H,5,7,9,12-14H2,(H,25,27)/t15-/m0/s1. The van der Waals surface area contributed by atoms with Crippen molar-refractivity contribution in [1.82, 2.24) is 10.3 Å². The lowest BCUT2D eigenvalue weighted by Crippen LogP contribution is -2.42. The molecule has 1 aliphatic carbocycles. The minimum atomic E-state index is -0.488. The Morgan fingerprint density at radius 3 is 2.77 bits per heavy atom. The van der Waals surface area contributed by atoms with Crippen molar-refractivity contribution in [2.45, 2.75) is 25.4 Å². The summed E-state index contributed by atoms with van der Waals surface area (Å²) in [6.45, 7) is 0.249. The van der Waals surface area contributed by atoms with Gasteiger partial charge >= 0.3 is 5.97 Å². The molecule has 0 radical (unpaired) electrons. The normalized spacial score (nSPS) is 16.6. The molecule has 7 heteroatoms. The number of fused-ring (bicyclic) bond motifs is 3. The van der Waals surface area contributed by atoms with Gasteiger partial charge in [0.1, 0.15) is 12.7 Å². The number of carbonyl (C=O) groups is 2. The van der Waals surface area contributed by atoms with Crippen molar-refractivity contribution in [2.24, 2.45) is 0 Å². The Morgan fingerprint density at radius 1 is 1.06 bits per heavy atom. The molecule has 5 rings (SSSR count). The van der Waals surface area contributed by atoms with Gasteiger partial charge in [-0.05, 0) is 43.0 Å². The van der Waals surface area contributed by atoms with Gasteiger partial charge in [0.2, 0.25) is 0 Å². The molecular weight excluding hydrogens is 396 g/mol. The first-order valence-corrected chi connectivity index (χ1v) is 10.4. The maximum Gasteiger partial charge on any atom is 0.339 e. The molecule has 2 heterocycles. The number of para-hydroxylation sites is 3. The highest BCUT2D eigenvalue weighted by molar-refractivity contribution is 6.05. The number of aryl methyl sites for hydroxylation is 1. The number of carbonyl (C=O) groups excluding carboxylic acids is 2. The van der Waals surface area contributed by atoms with Crippen LogP contribution in [0.2, 0.25) is 0 Å². The molecule has 158 valence electrons. The summed E-state index contributed by atoms with van der Waals surface area (Å²) in [5.74, 6) is 0.470. The van der Waals surface area contributed by atoms with Crippen molar-refractivity contribution < 1.29 is 23.8 Å². The van der Waals surface area contributed by atoms with Crippen LogP contribution in [0.5, 0.6) is 11.5 Å². The van der Waals surface area contributed by atoms with E-state index in [1.165, 1.54) is 0 Å². The summed E-state index contributed by atoms with van der Waals surface area (Å²) >= 11 is 0. The number of benzene rings is 2. The summed E-state index contributed by atoms with van der Waals surface area (Å²) in [5.41, 5.74) is 3.20. The van der Waals surface area contributed by atoms with Gasteiger partial charge in [0, 0.05) is 11.1 Å². The Hall–Kier alpha value is -3.61. The first-order valence-electron chi connectivity index (χ1n) is 10.4. The Labute approximate surface area is 179 Å². The van der Waals surface area contributed by atoms with E-state index in [9.17, 15) is 9.59 Å². The van der Waals surface area contributed by atoms with E-state index in [1.54, 1.807) is 0 Å². The number of hydrogen-bond donors (Lipinski definition) is 1. The van der Waals surface area contributed by atoms with E-state index >= 15 is 0 Å². The van der Waals surface area contributed by atoms with Crippen LogP contribution < -0.4 is 14.8 Å². The maximum atomic E-state index is 12.9. The van der Waals surface area contributed by atoms with Crippen LogP contribution in [0.4, 0.5) is 0 Å². The molecule has 0 saturated carbocycles. The van der Waals surface area contributed by atoms with Crippen molar-refractivity contribution in [1.29, 1.82) is 0 Å².